The average Bonchev–Trinajstić information content (AvgIpc) is 2.38. The number of hydrogen-bond acceptors (Lipinski definition) is 4. The molecule has 0 saturated carbocycles. The summed E-state index contributed by atoms with van der Waals surface area (Å²) in [5.41, 5.74) is 1.26. The van der Waals surface area contributed by atoms with Crippen LogP contribution in [0.3, 0.4) is 0 Å². The SMILES string of the molecule is O=C(O)Oc1ccc(-c2ccccc2)c(OC(=O)O)c1. The zero-order valence-corrected chi connectivity index (χ0v) is 10.1. The van der Waals surface area contributed by atoms with Gasteiger partial charge in [-0.1, -0.05) is 30.3 Å². The molecular weight excluding hydrogens is 264 g/mol. The zero-order chi connectivity index (χ0) is 14.5. The lowest BCUT2D eigenvalue weighted by molar-refractivity contribution is 0.143. The highest BCUT2D eigenvalue weighted by atomic mass is 16.7. The Morgan fingerprint density at radius 3 is 2.10 bits per heavy atom. The molecule has 0 saturated heterocycles. The maximum absolute atomic E-state index is 10.7. The Morgan fingerprint density at radius 2 is 1.50 bits per heavy atom. The Bertz CT molecular complexity index is 635. The molecule has 0 amide bonds. The first-order valence-electron chi connectivity index (χ1n) is 5.57. The molecule has 0 bridgehead atoms. The van der Waals surface area contributed by atoms with Gasteiger partial charge in [-0.3, -0.25) is 0 Å². The van der Waals surface area contributed by atoms with E-state index in [1.54, 1.807) is 24.3 Å². The average molecular weight is 274 g/mol. The van der Waals surface area contributed by atoms with Gasteiger partial charge in [-0.15, -0.1) is 0 Å². The highest BCUT2D eigenvalue weighted by molar-refractivity contribution is 5.75. The second kappa shape index (κ2) is 5.75. The molecule has 0 spiro atoms. The number of ether oxygens (including phenoxy) is 2. The van der Waals surface area contributed by atoms with Crippen LogP contribution in [0.5, 0.6) is 11.5 Å². The maximum atomic E-state index is 10.7. The summed E-state index contributed by atoms with van der Waals surface area (Å²) in [7, 11) is 0. The normalized spacial score (nSPS) is 9.80. The van der Waals surface area contributed by atoms with E-state index in [1.165, 1.54) is 18.2 Å². The van der Waals surface area contributed by atoms with E-state index in [-0.39, 0.29) is 11.5 Å². The van der Waals surface area contributed by atoms with Crippen molar-refractivity contribution < 1.29 is 29.3 Å². The minimum Gasteiger partial charge on any atom is -0.449 e. The van der Waals surface area contributed by atoms with Crippen LogP contribution in [-0.2, 0) is 0 Å². The topological polar surface area (TPSA) is 93.1 Å². The van der Waals surface area contributed by atoms with E-state index in [2.05, 4.69) is 9.47 Å². The molecule has 0 heterocycles. The summed E-state index contributed by atoms with van der Waals surface area (Å²) >= 11 is 0. The van der Waals surface area contributed by atoms with Gasteiger partial charge in [0.2, 0.25) is 0 Å². The van der Waals surface area contributed by atoms with Crippen molar-refractivity contribution in [2.24, 2.45) is 0 Å². The van der Waals surface area contributed by atoms with Crippen LogP contribution >= 0.6 is 0 Å². The fourth-order valence-corrected chi connectivity index (χ4v) is 1.70. The maximum Gasteiger partial charge on any atom is 0.511 e. The first kappa shape index (κ1) is 13.4. The van der Waals surface area contributed by atoms with Crippen LogP contribution in [0.4, 0.5) is 9.59 Å². The van der Waals surface area contributed by atoms with Crippen molar-refractivity contribution in [3.05, 3.63) is 48.5 Å². The Kier molecular flexibility index (Phi) is 3.85. The molecule has 6 heteroatoms. The van der Waals surface area contributed by atoms with Crippen LogP contribution < -0.4 is 9.47 Å². The van der Waals surface area contributed by atoms with Gasteiger partial charge in [0.25, 0.3) is 0 Å². The Morgan fingerprint density at radius 1 is 0.850 bits per heavy atom. The Hall–Kier alpha value is -3.02. The van der Waals surface area contributed by atoms with Gasteiger partial charge >= 0.3 is 12.3 Å². The van der Waals surface area contributed by atoms with Crippen LogP contribution in [-0.4, -0.2) is 22.5 Å². The van der Waals surface area contributed by atoms with Crippen LogP contribution in [0.25, 0.3) is 11.1 Å². The molecule has 2 aromatic rings. The smallest absolute Gasteiger partial charge is 0.449 e. The van der Waals surface area contributed by atoms with Gasteiger partial charge in [0.15, 0.2) is 0 Å². The molecule has 0 aliphatic heterocycles. The molecule has 0 aliphatic carbocycles. The molecule has 0 atom stereocenters. The standard InChI is InChI=1S/C14H10O6/c15-13(16)19-10-6-7-11(9-4-2-1-3-5-9)12(8-10)20-14(17)18/h1-8H,(H,15,16)(H,17,18). The second-order valence-corrected chi connectivity index (χ2v) is 3.76. The fourth-order valence-electron chi connectivity index (χ4n) is 1.70. The van der Waals surface area contributed by atoms with E-state index in [0.717, 1.165) is 5.56 Å². The number of carboxylic acid groups (broad SMARTS) is 2. The Labute approximate surface area is 113 Å². The van der Waals surface area contributed by atoms with Crippen molar-refractivity contribution in [1.29, 1.82) is 0 Å². The summed E-state index contributed by atoms with van der Waals surface area (Å²) in [5.74, 6) is -0.0177. The van der Waals surface area contributed by atoms with Crippen LogP contribution in [0.1, 0.15) is 0 Å². The van der Waals surface area contributed by atoms with Crippen molar-refractivity contribution in [3.8, 4) is 22.6 Å². The summed E-state index contributed by atoms with van der Waals surface area (Å²) in [6, 6.07) is 13.1. The van der Waals surface area contributed by atoms with Gasteiger partial charge in [0.05, 0.1) is 0 Å². The van der Waals surface area contributed by atoms with Gasteiger partial charge < -0.3 is 19.7 Å². The lowest BCUT2D eigenvalue weighted by Crippen LogP contribution is -2.06. The molecular formula is C14H10O6. The monoisotopic (exact) mass is 274 g/mol. The predicted molar refractivity (Wildman–Crippen MR) is 69.2 cm³/mol. The highest BCUT2D eigenvalue weighted by Crippen LogP contribution is 2.33. The van der Waals surface area contributed by atoms with Crippen molar-refractivity contribution >= 4 is 12.3 Å². The molecule has 102 valence electrons. The molecule has 6 nitrogen and oxygen atoms in total. The third kappa shape index (κ3) is 3.26. The van der Waals surface area contributed by atoms with E-state index in [1.807, 2.05) is 6.07 Å². The van der Waals surface area contributed by atoms with Gasteiger partial charge in [-0.05, 0) is 17.7 Å². The van der Waals surface area contributed by atoms with Crippen molar-refractivity contribution in [1.82, 2.24) is 0 Å². The minimum absolute atomic E-state index is 0.00227. The van der Waals surface area contributed by atoms with Crippen molar-refractivity contribution in [2.45, 2.75) is 0 Å². The highest BCUT2D eigenvalue weighted by Gasteiger charge is 2.12. The van der Waals surface area contributed by atoms with E-state index >= 15 is 0 Å². The van der Waals surface area contributed by atoms with E-state index in [9.17, 15) is 9.59 Å². The molecule has 2 aromatic carbocycles. The summed E-state index contributed by atoms with van der Waals surface area (Å²) in [6.07, 6.45) is -2.98. The lowest BCUT2D eigenvalue weighted by atomic mass is 10.0. The third-order valence-electron chi connectivity index (χ3n) is 2.44. The Balaban J connectivity index is 2.45. The lowest BCUT2D eigenvalue weighted by Gasteiger charge is -2.10. The quantitative estimate of drug-likeness (QED) is 0.657. The molecule has 2 rings (SSSR count). The van der Waals surface area contributed by atoms with Gasteiger partial charge in [0.1, 0.15) is 11.5 Å². The largest absolute Gasteiger partial charge is 0.511 e. The van der Waals surface area contributed by atoms with Crippen LogP contribution in [0, 0.1) is 0 Å². The summed E-state index contributed by atoms with van der Waals surface area (Å²) < 4.78 is 9.14. The number of carbonyl (C=O) groups is 2. The van der Waals surface area contributed by atoms with Gasteiger partial charge in [-0.25, -0.2) is 9.59 Å². The number of hydrogen-bond donors (Lipinski definition) is 2. The number of rotatable bonds is 3. The fraction of sp³-hybridized carbons (Fsp3) is 0. The van der Waals surface area contributed by atoms with E-state index in [0.29, 0.717) is 5.56 Å². The predicted octanol–water partition coefficient (Wildman–Crippen LogP) is 3.47. The van der Waals surface area contributed by atoms with Gasteiger partial charge in [-0.2, -0.15) is 0 Å². The first-order valence-corrected chi connectivity index (χ1v) is 5.57. The first-order chi connectivity index (χ1) is 9.56. The summed E-state index contributed by atoms with van der Waals surface area (Å²) in [5, 5.41) is 17.3. The van der Waals surface area contributed by atoms with Gasteiger partial charge in [0, 0.05) is 11.6 Å². The molecule has 20 heavy (non-hydrogen) atoms. The van der Waals surface area contributed by atoms with E-state index in [4.69, 9.17) is 10.2 Å². The molecule has 0 aromatic heterocycles. The second-order valence-electron chi connectivity index (χ2n) is 3.76. The zero-order valence-electron chi connectivity index (χ0n) is 10.1. The van der Waals surface area contributed by atoms with Crippen molar-refractivity contribution in [2.75, 3.05) is 0 Å². The summed E-state index contributed by atoms with van der Waals surface area (Å²) in [4.78, 5) is 21.2. The molecule has 0 aliphatic rings. The van der Waals surface area contributed by atoms with E-state index < -0.39 is 12.3 Å². The molecule has 0 radical (unpaired) electrons. The molecule has 0 unspecified atom stereocenters. The molecule has 2 N–H and O–H groups in total. The van der Waals surface area contributed by atoms with Crippen LogP contribution in [0.2, 0.25) is 0 Å². The minimum atomic E-state index is -1.49. The van der Waals surface area contributed by atoms with Crippen LogP contribution in [0.15, 0.2) is 48.5 Å². The third-order valence-corrected chi connectivity index (χ3v) is 2.44. The van der Waals surface area contributed by atoms with Crippen molar-refractivity contribution in [3.63, 3.8) is 0 Å². The summed E-state index contributed by atoms with van der Waals surface area (Å²) in [6.45, 7) is 0. The molecule has 0 fully saturated rings. The number of benzene rings is 2.